The summed E-state index contributed by atoms with van der Waals surface area (Å²) in [4.78, 5) is 12.7. The molecule has 0 unspecified atom stereocenters. The third kappa shape index (κ3) is 4.24. The molecular formula is C21H22BrN3O3S. The minimum atomic E-state index is -3.45. The lowest BCUT2D eigenvalue weighted by atomic mass is 10.2. The Morgan fingerprint density at radius 1 is 1.07 bits per heavy atom. The van der Waals surface area contributed by atoms with E-state index in [4.69, 9.17) is 0 Å². The maximum absolute atomic E-state index is 12.8. The Balaban J connectivity index is 1.47. The Hall–Kier alpha value is -2.16. The van der Waals surface area contributed by atoms with Gasteiger partial charge < -0.3 is 9.88 Å². The SMILES string of the molecule is O=C(Cn1ccc2cc(S(=O)(=O)N3CCCC3)ccc21)NCc1ccccc1Br. The van der Waals surface area contributed by atoms with Crippen LogP contribution in [0.5, 0.6) is 0 Å². The highest BCUT2D eigenvalue weighted by Crippen LogP contribution is 2.25. The van der Waals surface area contributed by atoms with Gasteiger partial charge in [0, 0.05) is 41.2 Å². The zero-order chi connectivity index (χ0) is 20.4. The number of hydrogen-bond acceptors (Lipinski definition) is 3. The quantitative estimate of drug-likeness (QED) is 0.592. The van der Waals surface area contributed by atoms with Crippen LogP contribution in [0.4, 0.5) is 0 Å². The molecule has 0 saturated carbocycles. The monoisotopic (exact) mass is 475 g/mol. The van der Waals surface area contributed by atoms with E-state index in [0.29, 0.717) is 24.5 Å². The third-order valence-electron chi connectivity index (χ3n) is 5.19. The van der Waals surface area contributed by atoms with Gasteiger partial charge in [-0.1, -0.05) is 34.1 Å². The topological polar surface area (TPSA) is 71.4 Å². The van der Waals surface area contributed by atoms with E-state index in [1.165, 1.54) is 0 Å². The minimum absolute atomic E-state index is 0.105. The van der Waals surface area contributed by atoms with Crippen molar-refractivity contribution in [2.24, 2.45) is 0 Å². The average molecular weight is 476 g/mol. The summed E-state index contributed by atoms with van der Waals surface area (Å²) in [7, 11) is -3.45. The molecule has 0 radical (unpaired) electrons. The average Bonchev–Trinajstić information content (AvgIpc) is 3.38. The molecule has 6 nitrogen and oxygen atoms in total. The first-order valence-electron chi connectivity index (χ1n) is 9.54. The van der Waals surface area contributed by atoms with Crippen molar-refractivity contribution in [3.05, 3.63) is 64.8 Å². The maximum atomic E-state index is 12.8. The molecule has 152 valence electrons. The number of fused-ring (bicyclic) bond motifs is 1. The van der Waals surface area contributed by atoms with Gasteiger partial charge in [-0.05, 0) is 48.7 Å². The number of aromatic nitrogens is 1. The van der Waals surface area contributed by atoms with Crippen LogP contribution in [0.3, 0.4) is 0 Å². The zero-order valence-corrected chi connectivity index (χ0v) is 18.2. The maximum Gasteiger partial charge on any atom is 0.243 e. The summed E-state index contributed by atoms with van der Waals surface area (Å²) < 4.78 is 29.9. The molecule has 0 spiro atoms. The van der Waals surface area contributed by atoms with Crippen LogP contribution in [0.1, 0.15) is 18.4 Å². The molecule has 2 aromatic carbocycles. The number of rotatable bonds is 6. The van der Waals surface area contributed by atoms with Crippen LogP contribution in [-0.2, 0) is 27.9 Å². The highest BCUT2D eigenvalue weighted by Gasteiger charge is 2.27. The molecule has 1 aromatic heterocycles. The van der Waals surface area contributed by atoms with Gasteiger partial charge in [-0.2, -0.15) is 4.31 Å². The molecule has 0 atom stereocenters. The second kappa shape index (κ2) is 8.30. The molecule has 1 aliphatic rings. The molecule has 1 N–H and O–H groups in total. The van der Waals surface area contributed by atoms with Gasteiger partial charge in [0.1, 0.15) is 6.54 Å². The smallest absolute Gasteiger partial charge is 0.243 e. The summed E-state index contributed by atoms with van der Waals surface area (Å²) >= 11 is 3.48. The minimum Gasteiger partial charge on any atom is -0.350 e. The van der Waals surface area contributed by atoms with E-state index in [0.717, 1.165) is 33.8 Å². The van der Waals surface area contributed by atoms with Crippen LogP contribution in [0.15, 0.2) is 64.1 Å². The Morgan fingerprint density at radius 3 is 2.59 bits per heavy atom. The Kier molecular flexibility index (Phi) is 5.76. The number of halogens is 1. The normalized spacial score (nSPS) is 15.1. The highest BCUT2D eigenvalue weighted by molar-refractivity contribution is 9.10. The summed E-state index contributed by atoms with van der Waals surface area (Å²) in [5.74, 6) is -0.105. The van der Waals surface area contributed by atoms with Gasteiger partial charge in [-0.3, -0.25) is 4.79 Å². The summed E-state index contributed by atoms with van der Waals surface area (Å²) in [5.41, 5.74) is 1.84. The number of benzene rings is 2. The van der Waals surface area contributed by atoms with Crippen LogP contribution >= 0.6 is 15.9 Å². The Morgan fingerprint density at radius 2 is 1.83 bits per heavy atom. The van der Waals surface area contributed by atoms with Crippen molar-refractivity contribution in [3.63, 3.8) is 0 Å². The van der Waals surface area contributed by atoms with Gasteiger partial charge in [-0.15, -0.1) is 0 Å². The number of hydrogen-bond donors (Lipinski definition) is 1. The van der Waals surface area contributed by atoms with Crippen LogP contribution in [0.25, 0.3) is 10.9 Å². The molecule has 29 heavy (non-hydrogen) atoms. The predicted octanol–water partition coefficient (Wildman–Crippen LogP) is 3.50. The van der Waals surface area contributed by atoms with Crippen molar-refractivity contribution in [3.8, 4) is 0 Å². The molecule has 1 aliphatic heterocycles. The fraction of sp³-hybridized carbons (Fsp3) is 0.286. The number of nitrogens with one attached hydrogen (secondary N) is 1. The number of amides is 1. The molecule has 8 heteroatoms. The zero-order valence-electron chi connectivity index (χ0n) is 15.8. The molecule has 0 bridgehead atoms. The van der Waals surface area contributed by atoms with Gasteiger partial charge in [0.2, 0.25) is 15.9 Å². The van der Waals surface area contributed by atoms with E-state index in [9.17, 15) is 13.2 Å². The van der Waals surface area contributed by atoms with Crippen molar-refractivity contribution in [2.45, 2.75) is 30.8 Å². The fourth-order valence-electron chi connectivity index (χ4n) is 3.60. The second-order valence-corrected chi connectivity index (χ2v) is 9.94. The van der Waals surface area contributed by atoms with E-state index < -0.39 is 10.0 Å². The summed E-state index contributed by atoms with van der Waals surface area (Å²) in [6.45, 7) is 1.78. The Labute approximate surface area is 178 Å². The van der Waals surface area contributed by atoms with E-state index in [2.05, 4.69) is 21.2 Å². The summed E-state index contributed by atoms with van der Waals surface area (Å²) in [6, 6.07) is 14.7. The lowest BCUT2D eigenvalue weighted by Gasteiger charge is -2.15. The first-order valence-corrected chi connectivity index (χ1v) is 11.8. The van der Waals surface area contributed by atoms with Gasteiger partial charge in [0.15, 0.2) is 0 Å². The van der Waals surface area contributed by atoms with Crippen molar-refractivity contribution in [1.29, 1.82) is 0 Å². The first kappa shape index (κ1) is 20.1. The summed E-state index contributed by atoms with van der Waals surface area (Å²) in [5, 5.41) is 3.73. The third-order valence-corrected chi connectivity index (χ3v) is 7.86. The number of nitrogens with zero attached hydrogens (tertiary/aromatic N) is 2. The van der Waals surface area contributed by atoms with Gasteiger partial charge >= 0.3 is 0 Å². The number of carbonyl (C=O) groups is 1. The van der Waals surface area contributed by atoms with Gasteiger partial charge in [0.05, 0.1) is 4.90 Å². The lowest BCUT2D eigenvalue weighted by molar-refractivity contribution is -0.121. The molecule has 1 saturated heterocycles. The van der Waals surface area contributed by atoms with Gasteiger partial charge in [-0.25, -0.2) is 8.42 Å². The van der Waals surface area contributed by atoms with Crippen molar-refractivity contribution >= 4 is 42.8 Å². The highest BCUT2D eigenvalue weighted by atomic mass is 79.9. The molecule has 3 aromatic rings. The predicted molar refractivity (Wildman–Crippen MR) is 116 cm³/mol. The van der Waals surface area contributed by atoms with E-state index in [1.807, 2.05) is 41.1 Å². The largest absolute Gasteiger partial charge is 0.350 e. The molecule has 0 aliphatic carbocycles. The lowest BCUT2D eigenvalue weighted by Crippen LogP contribution is -2.28. The van der Waals surface area contributed by atoms with Crippen molar-refractivity contribution < 1.29 is 13.2 Å². The van der Waals surface area contributed by atoms with Crippen LogP contribution in [0.2, 0.25) is 0 Å². The molecule has 1 amide bonds. The van der Waals surface area contributed by atoms with E-state index in [-0.39, 0.29) is 12.5 Å². The van der Waals surface area contributed by atoms with E-state index >= 15 is 0 Å². The van der Waals surface area contributed by atoms with Gasteiger partial charge in [0.25, 0.3) is 0 Å². The van der Waals surface area contributed by atoms with Crippen LogP contribution in [0, 0.1) is 0 Å². The summed E-state index contributed by atoms with van der Waals surface area (Å²) in [6.07, 6.45) is 3.63. The standard InChI is InChI=1S/C21H22BrN3O3S/c22-19-6-2-1-5-17(19)14-23-21(26)15-24-12-9-16-13-18(7-8-20(16)24)29(27,28)25-10-3-4-11-25/h1-2,5-9,12-13H,3-4,10-11,14-15H2,(H,23,26). The molecule has 2 heterocycles. The second-order valence-electron chi connectivity index (χ2n) is 7.14. The molecule has 4 rings (SSSR count). The van der Waals surface area contributed by atoms with Crippen molar-refractivity contribution in [2.75, 3.05) is 13.1 Å². The number of carbonyl (C=O) groups excluding carboxylic acids is 1. The molecule has 1 fully saturated rings. The Bertz CT molecular complexity index is 1150. The molecular weight excluding hydrogens is 454 g/mol. The van der Waals surface area contributed by atoms with Crippen LogP contribution in [-0.4, -0.2) is 36.3 Å². The van der Waals surface area contributed by atoms with E-state index in [1.54, 1.807) is 22.5 Å². The van der Waals surface area contributed by atoms with Crippen molar-refractivity contribution in [1.82, 2.24) is 14.2 Å². The number of sulfonamides is 1. The first-order chi connectivity index (χ1) is 13.9. The fourth-order valence-corrected chi connectivity index (χ4v) is 5.58. The van der Waals surface area contributed by atoms with Crippen LogP contribution < -0.4 is 5.32 Å².